The normalized spacial score (nSPS) is 17.9. The maximum Gasteiger partial charge on any atom is 0.319 e. The highest BCUT2D eigenvalue weighted by Gasteiger charge is 2.34. The lowest BCUT2D eigenvalue weighted by atomic mass is 9.80. The molecule has 24 heavy (non-hydrogen) atoms. The third kappa shape index (κ3) is 2.87. The third-order valence-electron chi connectivity index (χ3n) is 4.85. The Balaban J connectivity index is 1.43. The molecule has 2 aliphatic rings. The number of anilines is 1. The molecule has 3 N–H and O–H groups in total. The lowest BCUT2D eigenvalue weighted by Crippen LogP contribution is -2.48. The van der Waals surface area contributed by atoms with E-state index >= 15 is 0 Å². The minimum atomic E-state index is -0.721. The Morgan fingerprint density at radius 2 is 2.17 bits per heavy atom. The fraction of sp³-hybridized carbons (Fsp3) is 0.471. The standard InChI is InChI=1S/C17H21N5O2/c23-16(18-11-17(24)7-3-8-17)19-13-5-1-4-12(10-13)15-21-20-14-6-2-9-22(14)15/h1,4-5,10,24H,2-3,6-9,11H2,(H2,18,19,23). The number of fused-ring (bicyclic) bond motifs is 1. The second-order valence-electron chi connectivity index (χ2n) is 6.66. The van der Waals surface area contributed by atoms with Crippen LogP contribution < -0.4 is 10.6 Å². The predicted molar refractivity (Wildman–Crippen MR) is 89.6 cm³/mol. The summed E-state index contributed by atoms with van der Waals surface area (Å²) >= 11 is 0. The number of nitrogens with zero attached hydrogens (tertiary/aromatic N) is 3. The molecule has 0 saturated heterocycles. The van der Waals surface area contributed by atoms with Gasteiger partial charge in [0.1, 0.15) is 5.82 Å². The molecule has 7 nitrogen and oxygen atoms in total. The van der Waals surface area contributed by atoms with Crippen molar-refractivity contribution in [3.8, 4) is 11.4 Å². The molecule has 1 aromatic carbocycles. The summed E-state index contributed by atoms with van der Waals surface area (Å²) in [5.74, 6) is 1.87. The summed E-state index contributed by atoms with van der Waals surface area (Å²) in [4.78, 5) is 12.0. The molecule has 1 aliphatic carbocycles. The predicted octanol–water partition coefficient (Wildman–Crippen LogP) is 1.93. The molecule has 1 aliphatic heterocycles. The number of hydrogen-bond acceptors (Lipinski definition) is 4. The molecular weight excluding hydrogens is 306 g/mol. The number of rotatable bonds is 4. The van der Waals surface area contributed by atoms with Crippen molar-refractivity contribution in [1.82, 2.24) is 20.1 Å². The molecule has 1 fully saturated rings. The molecule has 7 heteroatoms. The van der Waals surface area contributed by atoms with Crippen molar-refractivity contribution in [2.75, 3.05) is 11.9 Å². The number of urea groups is 1. The Morgan fingerprint density at radius 1 is 1.29 bits per heavy atom. The van der Waals surface area contributed by atoms with Gasteiger partial charge in [-0.05, 0) is 37.8 Å². The van der Waals surface area contributed by atoms with Crippen LogP contribution in [0.5, 0.6) is 0 Å². The van der Waals surface area contributed by atoms with Gasteiger partial charge >= 0.3 is 6.03 Å². The summed E-state index contributed by atoms with van der Waals surface area (Å²) in [6.45, 7) is 1.23. The Hall–Kier alpha value is -2.41. The van der Waals surface area contributed by atoms with Crippen molar-refractivity contribution in [3.63, 3.8) is 0 Å². The zero-order valence-electron chi connectivity index (χ0n) is 13.5. The highest BCUT2D eigenvalue weighted by Crippen LogP contribution is 2.30. The average Bonchev–Trinajstić information content (AvgIpc) is 3.14. The molecule has 0 spiro atoms. The number of hydrogen-bond donors (Lipinski definition) is 3. The number of aliphatic hydroxyl groups is 1. The summed E-state index contributed by atoms with van der Waals surface area (Å²) in [6.07, 6.45) is 4.59. The fourth-order valence-corrected chi connectivity index (χ4v) is 3.28. The summed E-state index contributed by atoms with van der Waals surface area (Å²) in [5.41, 5.74) is 0.911. The van der Waals surface area contributed by atoms with Crippen LogP contribution in [0.1, 0.15) is 31.5 Å². The minimum Gasteiger partial charge on any atom is -0.388 e. The van der Waals surface area contributed by atoms with Crippen molar-refractivity contribution < 1.29 is 9.90 Å². The van der Waals surface area contributed by atoms with Gasteiger partial charge in [0, 0.05) is 30.8 Å². The van der Waals surface area contributed by atoms with Crippen LogP contribution in [-0.2, 0) is 13.0 Å². The largest absolute Gasteiger partial charge is 0.388 e. The topological polar surface area (TPSA) is 92.1 Å². The van der Waals surface area contributed by atoms with Gasteiger partial charge in [0.2, 0.25) is 0 Å². The Kier molecular flexibility index (Phi) is 3.72. The van der Waals surface area contributed by atoms with Crippen LogP contribution in [0.25, 0.3) is 11.4 Å². The van der Waals surface area contributed by atoms with Crippen LogP contribution in [-0.4, -0.2) is 38.0 Å². The molecule has 126 valence electrons. The van der Waals surface area contributed by atoms with Gasteiger partial charge in [-0.3, -0.25) is 0 Å². The van der Waals surface area contributed by atoms with Gasteiger partial charge in [-0.2, -0.15) is 0 Å². The Bertz CT molecular complexity index is 766. The van der Waals surface area contributed by atoms with E-state index in [1.807, 2.05) is 24.3 Å². The molecule has 2 aromatic rings. The number of benzene rings is 1. The molecule has 1 saturated carbocycles. The van der Waals surface area contributed by atoms with Crippen LogP contribution in [0.15, 0.2) is 24.3 Å². The molecule has 1 aromatic heterocycles. The zero-order chi connectivity index (χ0) is 16.6. The molecule has 0 atom stereocenters. The van der Waals surface area contributed by atoms with Crippen LogP contribution >= 0.6 is 0 Å². The first-order valence-corrected chi connectivity index (χ1v) is 8.43. The van der Waals surface area contributed by atoms with Gasteiger partial charge in [-0.1, -0.05) is 12.1 Å². The van der Waals surface area contributed by atoms with Crippen molar-refractivity contribution in [1.29, 1.82) is 0 Å². The van der Waals surface area contributed by atoms with Crippen LogP contribution in [0.2, 0.25) is 0 Å². The summed E-state index contributed by atoms with van der Waals surface area (Å²) in [7, 11) is 0. The van der Waals surface area contributed by atoms with Crippen LogP contribution in [0.4, 0.5) is 10.5 Å². The quantitative estimate of drug-likeness (QED) is 0.800. The molecule has 0 bridgehead atoms. The molecule has 2 heterocycles. The van der Waals surface area contributed by atoms with E-state index in [0.29, 0.717) is 5.69 Å². The van der Waals surface area contributed by atoms with Crippen molar-refractivity contribution in [3.05, 3.63) is 30.1 Å². The Labute approximate surface area is 140 Å². The number of aryl methyl sites for hydroxylation is 1. The number of amides is 2. The van der Waals surface area contributed by atoms with E-state index < -0.39 is 5.60 Å². The first-order chi connectivity index (χ1) is 11.6. The van der Waals surface area contributed by atoms with E-state index in [9.17, 15) is 9.90 Å². The van der Waals surface area contributed by atoms with Gasteiger partial charge in [0.25, 0.3) is 0 Å². The molecule has 4 rings (SSSR count). The van der Waals surface area contributed by atoms with Crippen molar-refractivity contribution in [2.45, 2.75) is 44.2 Å². The van der Waals surface area contributed by atoms with E-state index in [2.05, 4.69) is 25.4 Å². The summed E-state index contributed by atoms with van der Waals surface area (Å²) < 4.78 is 2.13. The molecule has 2 amide bonds. The fourth-order valence-electron chi connectivity index (χ4n) is 3.28. The van der Waals surface area contributed by atoms with Gasteiger partial charge in [-0.15, -0.1) is 10.2 Å². The SMILES string of the molecule is O=C(NCC1(O)CCC1)Nc1cccc(-c2nnc3n2CCC3)c1. The maximum atomic E-state index is 12.0. The first kappa shape index (κ1) is 15.1. The highest BCUT2D eigenvalue weighted by atomic mass is 16.3. The second kappa shape index (κ2) is 5.90. The van der Waals surface area contributed by atoms with E-state index in [4.69, 9.17) is 0 Å². The summed E-state index contributed by atoms with van der Waals surface area (Å²) in [5, 5.41) is 24.1. The number of nitrogens with one attached hydrogen (secondary N) is 2. The van der Waals surface area contributed by atoms with Crippen molar-refractivity contribution in [2.24, 2.45) is 0 Å². The maximum absolute atomic E-state index is 12.0. The van der Waals surface area contributed by atoms with Crippen molar-refractivity contribution >= 4 is 11.7 Å². The number of carbonyl (C=O) groups excluding carboxylic acids is 1. The minimum absolute atomic E-state index is 0.288. The number of carbonyl (C=O) groups is 1. The van der Waals surface area contributed by atoms with E-state index in [-0.39, 0.29) is 12.6 Å². The zero-order valence-corrected chi connectivity index (χ0v) is 13.5. The number of aromatic nitrogens is 3. The highest BCUT2D eigenvalue weighted by molar-refractivity contribution is 5.90. The van der Waals surface area contributed by atoms with Gasteiger partial charge < -0.3 is 20.3 Å². The monoisotopic (exact) mass is 327 g/mol. The summed E-state index contributed by atoms with van der Waals surface area (Å²) in [6, 6.07) is 7.28. The van der Waals surface area contributed by atoms with Gasteiger partial charge in [0.05, 0.1) is 5.60 Å². The van der Waals surface area contributed by atoms with E-state index in [1.165, 1.54) is 0 Å². The molecule has 0 unspecified atom stereocenters. The molecular formula is C17H21N5O2. The lowest BCUT2D eigenvalue weighted by molar-refractivity contribution is -0.0287. The first-order valence-electron chi connectivity index (χ1n) is 8.43. The van der Waals surface area contributed by atoms with E-state index in [1.54, 1.807) is 0 Å². The molecule has 0 radical (unpaired) electrons. The lowest BCUT2D eigenvalue weighted by Gasteiger charge is -2.36. The van der Waals surface area contributed by atoms with Crippen LogP contribution in [0.3, 0.4) is 0 Å². The Morgan fingerprint density at radius 3 is 2.96 bits per heavy atom. The smallest absolute Gasteiger partial charge is 0.319 e. The van der Waals surface area contributed by atoms with Gasteiger partial charge in [0.15, 0.2) is 5.82 Å². The van der Waals surface area contributed by atoms with E-state index in [0.717, 1.165) is 55.9 Å². The second-order valence-corrected chi connectivity index (χ2v) is 6.66. The average molecular weight is 327 g/mol. The van der Waals surface area contributed by atoms with Crippen LogP contribution in [0, 0.1) is 0 Å². The van der Waals surface area contributed by atoms with Gasteiger partial charge in [-0.25, -0.2) is 4.79 Å². The third-order valence-corrected chi connectivity index (χ3v) is 4.85.